The summed E-state index contributed by atoms with van der Waals surface area (Å²) >= 11 is 14.7. The second-order valence-electron chi connectivity index (χ2n) is 4.28. The highest BCUT2D eigenvalue weighted by molar-refractivity contribution is 9.11. The number of halogens is 3. The van der Waals surface area contributed by atoms with Crippen LogP contribution in [-0.4, -0.2) is 0 Å². The first-order valence-electron chi connectivity index (χ1n) is 5.63. The lowest BCUT2D eigenvalue weighted by molar-refractivity contribution is 1.26. The Morgan fingerprint density at radius 3 is 2.68 bits per heavy atom. The van der Waals surface area contributed by atoms with E-state index in [9.17, 15) is 0 Å². The van der Waals surface area contributed by atoms with Crippen molar-refractivity contribution in [2.24, 2.45) is 0 Å². The predicted molar refractivity (Wildman–Crippen MR) is 97.1 cm³/mol. The van der Waals surface area contributed by atoms with Gasteiger partial charge in [0.1, 0.15) is 0 Å². The fourth-order valence-corrected chi connectivity index (χ4v) is 6.18. The van der Waals surface area contributed by atoms with Crippen LogP contribution in [0, 0.1) is 6.92 Å². The van der Waals surface area contributed by atoms with Crippen LogP contribution in [0.1, 0.15) is 20.8 Å². The first-order chi connectivity index (χ1) is 9.08. The highest BCUT2D eigenvalue weighted by Crippen LogP contribution is 2.44. The van der Waals surface area contributed by atoms with Crippen molar-refractivity contribution < 1.29 is 0 Å². The molecule has 0 amide bonds. The molecule has 0 fully saturated rings. The number of thiophene rings is 2. The van der Waals surface area contributed by atoms with E-state index in [-0.39, 0.29) is 4.83 Å². The minimum atomic E-state index is 0.255. The average Bonchev–Trinajstić information content (AvgIpc) is 2.94. The zero-order valence-corrected chi connectivity index (χ0v) is 16.3. The standard InChI is InChI=1S/C14H9Br3S2/c1-7-5-11(19-14(7)17)12(16)9-6-18-13-8(9)3-2-4-10(13)15/h2-6,12H,1H3. The van der Waals surface area contributed by atoms with Crippen LogP contribution in [0.2, 0.25) is 0 Å². The zero-order chi connectivity index (χ0) is 13.6. The Hall–Kier alpha value is 0.320. The third-order valence-electron chi connectivity index (χ3n) is 2.98. The normalized spacial score (nSPS) is 13.1. The van der Waals surface area contributed by atoms with Gasteiger partial charge in [-0.1, -0.05) is 28.1 Å². The molecule has 0 aliphatic carbocycles. The van der Waals surface area contributed by atoms with Crippen LogP contribution >= 0.6 is 70.5 Å². The number of aryl methyl sites for hydroxylation is 1. The maximum atomic E-state index is 3.85. The molecule has 0 saturated heterocycles. The molecule has 0 spiro atoms. The Morgan fingerprint density at radius 2 is 2.00 bits per heavy atom. The number of hydrogen-bond donors (Lipinski definition) is 0. The molecule has 1 unspecified atom stereocenters. The average molecular weight is 481 g/mol. The Bertz CT molecular complexity index is 723. The third-order valence-corrected chi connectivity index (χ3v) is 8.44. The topological polar surface area (TPSA) is 0 Å². The number of alkyl halides is 1. The molecule has 0 nitrogen and oxygen atoms in total. The molecule has 1 aromatic carbocycles. The lowest BCUT2D eigenvalue weighted by Crippen LogP contribution is -1.87. The molecule has 2 heterocycles. The van der Waals surface area contributed by atoms with Gasteiger partial charge in [0, 0.05) is 14.0 Å². The molecule has 2 aromatic heterocycles. The van der Waals surface area contributed by atoms with Gasteiger partial charge >= 0.3 is 0 Å². The Kier molecular flexibility index (Phi) is 4.21. The van der Waals surface area contributed by atoms with Crippen LogP contribution in [0.4, 0.5) is 0 Å². The van der Waals surface area contributed by atoms with Crippen molar-refractivity contribution in [3.05, 3.63) is 53.9 Å². The third kappa shape index (κ3) is 2.60. The van der Waals surface area contributed by atoms with Gasteiger partial charge in [-0.15, -0.1) is 22.7 Å². The summed E-state index contributed by atoms with van der Waals surface area (Å²) in [7, 11) is 0. The highest BCUT2D eigenvalue weighted by Gasteiger charge is 2.18. The van der Waals surface area contributed by atoms with Gasteiger partial charge in [-0.05, 0) is 72.8 Å². The van der Waals surface area contributed by atoms with E-state index < -0.39 is 0 Å². The van der Waals surface area contributed by atoms with Gasteiger partial charge in [-0.2, -0.15) is 0 Å². The summed E-state index contributed by atoms with van der Waals surface area (Å²) in [6.07, 6.45) is 0. The molecule has 3 aromatic rings. The monoisotopic (exact) mass is 478 g/mol. The minimum Gasteiger partial charge on any atom is -0.142 e. The number of benzene rings is 1. The van der Waals surface area contributed by atoms with Crippen LogP contribution in [0.5, 0.6) is 0 Å². The van der Waals surface area contributed by atoms with Gasteiger partial charge in [0.2, 0.25) is 0 Å². The van der Waals surface area contributed by atoms with E-state index >= 15 is 0 Å². The van der Waals surface area contributed by atoms with Gasteiger partial charge in [0.05, 0.1) is 8.61 Å². The van der Waals surface area contributed by atoms with Crippen LogP contribution in [-0.2, 0) is 0 Å². The molecule has 0 radical (unpaired) electrons. The molecule has 0 aliphatic rings. The summed E-state index contributed by atoms with van der Waals surface area (Å²) in [4.78, 5) is 1.59. The van der Waals surface area contributed by atoms with Crippen molar-refractivity contribution in [2.75, 3.05) is 0 Å². The molecule has 0 aliphatic heterocycles. The Labute approximate surface area is 145 Å². The van der Waals surface area contributed by atoms with Crippen molar-refractivity contribution >= 4 is 80.5 Å². The smallest absolute Gasteiger partial charge is 0.0752 e. The zero-order valence-electron chi connectivity index (χ0n) is 9.91. The second kappa shape index (κ2) is 5.60. The van der Waals surface area contributed by atoms with Gasteiger partial charge in [0.25, 0.3) is 0 Å². The molecular formula is C14H9Br3S2. The summed E-state index contributed by atoms with van der Waals surface area (Å²) in [6, 6.07) is 8.63. The lowest BCUT2D eigenvalue weighted by atomic mass is 10.1. The van der Waals surface area contributed by atoms with Crippen molar-refractivity contribution in [3.8, 4) is 0 Å². The van der Waals surface area contributed by atoms with Gasteiger partial charge < -0.3 is 0 Å². The number of rotatable bonds is 2. The second-order valence-corrected chi connectivity index (χ2v) is 9.33. The van der Waals surface area contributed by atoms with Crippen molar-refractivity contribution in [1.29, 1.82) is 0 Å². The van der Waals surface area contributed by atoms with E-state index in [4.69, 9.17) is 0 Å². The highest BCUT2D eigenvalue weighted by atomic mass is 79.9. The number of fused-ring (bicyclic) bond motifs is 1. The van der Waals surface area contributed by atoms with E-state index in [0.29, 0.717) is 0 Å². The molecule has 1 atom stereocenters. The first kappa shape index (κ1) is 14.3. The Morgan fingerprint density at radius 1 is 1.21 bits per heavy atom. The number of hydrogen-bond acceptors (Lipinski definition) is 2. The molecule has 0 N–H and O–H groups in total. The molecule has 98 valence electrons. The van der Waals surface area contributed by atoms with E-state index in [1.165, 1.54) is 34.3 Å². The summed E-state index contributed by atoms with van der Waals surface area (Å²) < 4.78 is 3.70. The van der Waals surface area contributed by atoms with E-state index in [1.54, 1.807) is 22.7 Å². The van der Waals surface area contributed by atoms with E-state index in [0.717, 1.165) is 0 Å². The molecule has 19 heavy (non-hydrogen) atoms. The Balaban J connectivity index is 2.11. The summed E-state index contributed by atoms with van der Waals surface area (Å²) in [5.74, 6) is 0. The molecule has 0 bridgehead atoms. The molecular weight excluding hydrogens is 472 g/mol. The fourth-order valence-electron chi connectivity index (χ4n) is 2.00. The van der Waals surface area contributed by atoms with Crippen LogP contribution in [0.15, 0.2) is 37.9 Å². The SMILES string of the molecule is Cc1cc(C(Br)c2csc3c(Br)cccc23)sc1Br. The largest absolute Gasteiger partial charge is 0.142 e. The predicted octanol–water partition coefficient (Wildman–Crippen LogP) is 7.28. The summed E-state index contributed by atoms with van der Waals surface area (Å²) in [5.41, 5.74) is 2.64. The van der Waals surface area contributed by atoms with Crippen molar-refractivity contribution in [1.82, 2.24) is 0 Å². The van der Waals surface area contributed by atoms with E-state index in [1.807, 2.05) is 0 Å². The van der Waals surface area contributed by atoms with Crippen LogP contribution < -0.4 is 0 Å². The van der Waals surface area contributed by atoms with Crippen molar-refractivity contribution in [2.45, 2.75) is 11.8 Å². The van der Waals surface area contributed by atoms with Crippen LogP contribution in [0.25, 0.3) is 10.1 Å². The maximum absolute atomic E-state index is 3.85. The maximum Gasteiger partial charge on any atom is 0.0752 e. The molecule has 3 rings (SSSR count). The van der Waals surface area contributed by atoms with Gasteiger partial charge in [0.15, 0.2) is 0 Å². The van der Waals surface area contributed by atoms with E-state index in [2.05, 4.69) is 84.4 Å². The van der Waals surface area contributed by atoms with Gasteiger partial charge in [-0.3, -0.25) is 0 Å². The van der Waals surface area contributed by atoms with Crippen LogP contribution in [0.3, 0.4) is 0 Å². The minimum absolute atomic E-state index is 0.255. The quantitative estimate of drug-likeness (QED) is 0.338. The first-order valence-corrected chi connectivity index (χ1v) is 9.83. The lowest BCUT2D eigenvalue weighted by Gasteiger charge is -2.06. The summed E-state index contributed by atoms with van der Waals surface area (Å²) in [5, 5.41) is 3.57. The molecule has 5 heteroatoms. The summed E-state index contributed by atoms with van der Waals surface area (Å²) in [6.45, 7) is 2.13. The molecule has 0 saturated carbocycles. The fraction of sp³-hybridized carbons (Fsp3) is 0.143. The van der Waals surface area contributed by atoms with Gasteiger partial charge in [-0.25, -0.2) is 0 Å². The van der Waals surface area contributed by atoms with Crippen molar-refractivity contribution in [3.63, 3.8) is 0 Å².